The lowest BCUT2D eigenvalue weighted by Gasteiger charge is -2.07. The molecule has 0 saturated heterocycles. The molecule has 0 fully saturated rings. The van der Waals surface area contributed by atoms with Gasteiger partial charge in [0.15, 0.2) is 12.4 Å². The van der Waals surface area contributed by atoms with Crippen molar-refractivity contribution in [2.75, 3.05) is 11.1 Å². The highest BCUT2D eigenvalue weighted by Gasteiger charge is 2.06. The van der Waals surface area contributed by atoms with Crippen LogP contribution in [0.5, 0.6) is 5.75 Å². The molecule has 0 aliphatic rings. The number of carbonyl (C=O) groups is 1. The predicted octanol–water partition coefficient (Wildman–Crippen LogP) is 3.69. The van der Waals surface area contributed by atoms with Gasteiger partial charge in [0.2, 0.25) is 5.91 Å². The van der Waals surface area contributed by atoms with Gasteiger partial charge in [-0.25, -0.2) is 0 Å². The molecule has 0 radical (unpaired) electrons. The summed E-state index contributed by atoms with van der Waals surface area (Å²) in [4.78, 5) is 17.1. The number of rotatable bonds is 7. The summed E-state index contributed by atoms with van der Waals surface area (Å²) in [6, 6.07) is 17.0. The molecular formula is C18H17N3O3S. The van der Waals surface area contributed by atoms with Gasteiger partial charge in [0, 0.05) is 10.6 Å². The van der Waals surface area contributed by atoms with Crippen LogP contribution in [0, 0.1) is 6.92 Å². The minimum Gasteiger partial charge on any atom is -0.484 e. The van der Waals surface area contributed by atoms with Gasteiger partial charge in [0.1, 0.15) is 5.75 Å². The molecular weight excluding hydrogens is 338 g/mol. The minimum atomic E-state index is -0.0520. The number of hydrogen-bond acceptors (Lipinski definition) is 6. The summed E-state index contributed by atoms with van der Waals surface area (Å²) in [5.41, 5.74) is 0.722. The molecule has 3 rings (SSSR count). The van der Waals surface area contributed by atoms with E-state index in [-0.39, 0.29) is 12.5 Å². The van der Waals surface area contributed by atoms with E-state index in [1.54, 1.807) is 31.2 Å². The summed E-state index contributed by atoms with van der Waals surface area (Å²) in [7, 11) is 0. The van der Waals surface area contributed by atoms with Crippen molar-refractivity contribution < 1.29 is 14.1 Å². The van der Waals surface area contributed by atoms with E-state index < -0.39 is 0 Å². The van der Waals surface area contributed by atoms with E-state index >= 15 is 0 Å². The van der Waals surface area contributed by atoms with Crippen LogP contribution >= 0.6 is 11.8 Å². The molecule has 6 nitrogen and oxygen atoms in total. The van der Waals surface area contributed by atoms with Crippen LogP contribution in [0.4, 0.5) is 5.69 Å². The molecule has 0 aliphatic carbocycles. The van der Waals surface area contributed by atoms with E-state index in [1.165, 1.54) is 11.8 Å². The van der Waals surface area contributed by atoms with Crippen LogP contribution in [-0.4, -0.2) is 21.8 Å². The molecule has 1 heterocycles. The van der Waals surface area contributed by atoms with E-state index in [0.717, 1.165) is 10.6 Å². The van der Waals surface area contributed by atoms with Crippen LogP contribution in [0.1, 0.15) is 11.7 Å². The summed E-state index contributed by atoms with van der Waals surface area (Å²) in [5.74, 6) is 1.97. The smallest absolute Gasteiger partial charge is 0.264 e. The highest BCUT2D eigenvalue weighted by molar-refractivity contribution is 8.00. The summed E-state index contributed by atoms with van der Waals surface area (Å²) in [6.45, 7) is 1.96. The molecule has 0 atom stereocenters. The highest BCUT2D eigenvalue weighted by atomic mass is 32.2. The van der Waals surface area contributed by atoms with Crippen molar-refractivity contribution in [1.29, 1.82) is 0 Å². The molecule has 7 heteroatoms. The first-order chi connectivity index (χ1) is 12.2. The second-order valence-corrected chi connectivity index (χ2v) is 6.25. The Morgan fingerprint density at radius 3 is 2.60 bits per heavy atom. The quantitative estimate of drug-likeness (QED) is 0.651. The van der Waals surface area contributed by atoms with Crippen LogP contribution < -0.4 is 10.1 Å². The number of ether oxygens (including phenoxy) is 1. The van der Waals surface area contributed by atoms with E-state index in [2.05, 4.69) is 15.5 Å². The first-order valence-corrected chi connectivity index (χ1v) is 8.67. The van der Waals surface area contributed by atoms with Gasteiger partial charge in [-0.2, -0.15) is 4.98 Å². The van der Waals surface area contributed by atoms with Gasteiger partial charge in [-0.15, -0.1) is 11.8 Å². The number of nitrogens with one attached hydrogen (secondary N) is 1. The van der Waals surface area contributed by atoms with Crippen molar-refractivity contribution in [3.63, 3.8) is 0 Å². The van der Waals surface area contributed by atoms with Gasteiger partial charge in [-0.1, -0.05) is 23.4 Å². The van der Waals surface area contributed by atoms with Gasteiger partial charge in [0.05, 0.1) is 5.75 Å². The average Bonchev–Trinajstić information content (AvgIpc) is 3.06. The van der Waals surface area contributed by atoms with Crippen molar-refractivity contribution >= 4 is 23.4 Å². The third-order valence-corrected chi connectivity index (χ3v) is 4.20. The standard InChI is InChI=1S/C18H17N3O3S/c1-13-19-18(24-21-13)11-23-15-9-7-14(8-10-15)20-17(22)12-25-16-5-3-2-4-6-16/h2-10H,11-12H2,1H3,(H,20,22). The lowest BCUT2D eigenvalue weighted by Crippen LogP contribution is -2.13. The molecule has 0 unspecified atom stereocenters. The zero-order valence-corrected chi connectivity index (χ0v) is 14.5. The van der Waals surface area contributed by atoms with Crippen LogP contribution in [0.2, 0.25) is 0 Å². The molecule has 1 amide bonds. The monoisotopic (exact) mass is 355 g/mol. The second kappa shape index (κ2) is 8.34. The van der Waals surface area contributed by atoms with Crippen molar-refractivity contribution in [3.8, 4) is 5.75 Å². The SMILES string of the molecule is Cc1noc(COc2ccc(NC(=O)CSc3ccccc3)cc2)n1. The number of amides is 1. The van der Waals surface area contributed by atoms with Gasteiger partial charge in [-0.05, 0) is 43.3 Å². The Balaban J connectivity index is 1.46. The summed E-state index contributed by atoms with van der Waals surface area (Å²) in [6.07, 6.45) is 0. The third kappa shape index (κ3) is 5.36. The average molecular weight is 355 g/mol. The lowest BCUT2D eigenvalue weighted by molar-refractivity contribution is -0.113. The molecule has 0 saturated carbocycles. The highest BCUT2D eigenvalue weighted by Crippen LogP contribution is 2.19. The van der Waals surface area contributed by atoms with Crippen LogP contribution in [-0.2, 0) is 11.4 Å². The van der Waals surface area contributed by atoms with Crippen molar-refractivity contribution in [2.45, 2.75) is 18.4 Å². The maximum Gasteiger partial charge on any atom is 0.264 e. The fourth-order valence-corrected chi connectivity index (χ4v) is 2.76. The molecule has 0 bridgehead atoms. The fourth-order valence-electron chi connectivity index (χ4n) is 2.04. The first-order valence-electron chi connectivity index (χ1n) is 7.69. The Bertz CT molecular complexity index is 819. The summed E-state index contributed by atoms with van der Waals surface area (Å²) in [5, 5.41) is 6.56. The summed E-state index contributed by atoms with van der Waals surface area (Å²) >= 11 is 1.50. The van der Waals surface area contributed by atoms with E-state index in [0.29, 0.717) is 23.2 Å². The number of aromatic nitrogens is 2. The minimum absolute atomic E-state index is 0.0520. The largest absolute Gasteiger partial charge is 0.484 e. The zero-order valence-electron chi connectivity index (χ0n) is 13.6. The normalized spacial score (nSPS) is 10.4. The van der Waals surface area contributed by atoms with E-state index in [1.807, 2.05) is 30.3 Å². The van der Waals surface area contributed by atoms with Crippen LogP contribution in [0.25, 0.3) is 0 Å². The van der Waals surface area contributed by atoms with Gasteiger partial charge >= 0.3 is 0 Å². The Kier molecular flexibility index (Phi) is 5.69. The number of benzene rings is 2. The topological polar surface area (TPSA) is 77.3 Å². The van der Waals surface area contributed by atoms with Crippen LogP contribution in [0.3, 0.4) is 0 Å². The molecule has 0 spiro atoms. The third-order valence-electron chi connectivity index (χ3n) is 3.18. The number of aryl methyl sites for hydroxylation is 1. The van der Waals surface area contributed by atoms with Crippen molar-refractivity contribution in [2.24, 2.45) is 0 Å². The van der Waals surface area contributed by atoms with E-state index in [9.17, 15) is 4.79 Å². The van der Waals surface area contributed by atoms with Gasteiger partial charge in [0.25, 0.3) is 5.89 Å². The zero-order chi connectivity index (χ0) is 17.5. The molecule has 0 aliphatic heterocycles. The molecule has 1 N–H and O–H groups in total. The fraction of sp³-hybridized carbons (Fsp3) is 0.167. The molecule has 1 aromatic heterocycles. The molecule has 25 heavy (non-hydrogen) atoms. The predicted molar refractivity (Wildman–Crippen MR) is 95.6 cm³/mol. The maximum atomic E-state index is 12.0. The maximum absolute atomic E-state index is 12.0. The van der Waals surface area contributed by atoms with E-state index in [4.69, 9.17) is 9.26 Å². The Morgan fingerprint density at radius 1 is 1.16 bits per heavy atom. The number of anilines is 1. The summed E-state index contributed by atoms with van der Waals surface area (Å²) < 4.78 is 10.5. The second-order valence-electron chi connectivity index (χ2n) is 5.20. The van der Waals surface area contributed by atoms with Crippen molar-refractivity contribution in [3.05, 3.63) is 66.3 Å². The lowest BCUT2D eigenvalue weighted by atomic mass is 10.3. The Hall–Kier alpha value is -2.80. The van der Waals surface area contributed by atoms with Crippen molar-refractivity contribution in [1.82, 2.24) is 10.1 Å². The molecule has 128 valence electrons. The number of thioether (sulfide) groups is 1. The van der Waals surface area contributed by atoms with Gasteiger partial charge < -0.3 is 14.6 Å². The molecule has 3 aromatic rings. The van der Waals surface area contributed by atoms with Crippen LogP contribution in [0.15, 0.2) is 64.0 Å². The van der Waals surface area contributed by atoms with Gasteiger partial charge in [-0.3, -0.25) is 4.79 Å². The molecule has 2 aromatic carbocycles. The number of hydrogen-bond donors (Lipinski definition) is 1. The first kappa shape index (κ1) is 17.0. The number of nitrogens with zero attached hydrogens (tertiary/aromatic N) is 2. The Morgan fingerprint density at radius 2 is 1.92 bits per heavy atom. The Labute approximate surface area is 149 Å². The number of carbonyl (C=O) groups excluding carboxylic acids is 1.